The summed E-state index contributed by atoms with van der Waals surface area (Å²) in [7, 11) is 0. The highest BCUT2D eigenvalue weighted by Gasteiger charge is 2.39. The van der Waals surface area contributed by atoms with Crippen molar-refractivity contribution in [3.05, 3.63) is 20.8 Å². The van der Waals surface area contributed by atoms with Crippen LogP contribution in [-0.2, 0) is 4.79 Å². The van der Waals surface area contributed by atoms with E-state index in [0.717, 1.165) is 44.2 Å². The van der Waals surface area contributed by atoms with Crippen LogP contribution in [0.2, 0.25) is 5.02 Å². The van der Waals surface area contributed by atoms with Crippen LogP contribution in [-0.4, -0.2) is 29.2 Å². The fourth-order valence-corrected chi connectivity index (χ4v) is 4.81. The Morgan fingerprint density at radius 3 is 2.76 bits per heavy atom. The van der Waals surface area contributed by atoms with Crippen molar-refractivity contribution in [2.24, 2.45) is 5.92 Å². The van der Waals surface area contributed by atoms with Crippen molar-refractivity contribution in [1.82, 2.24) is 4.90 Å². The maximum atomic E-state index is 12.8. The first-order valence-corrected chi connectivity index (χ1v) is 8.92. The van der Waals surface area contributed by atoms with E-state index >= 15 is 0 Å². The van der Waals surface area contributed by atoms with Crippen molar-refractivity contribution in [3.8, 4) is 0 Å². The van der Waals surface area contributed by atoms with E-state index in [9.17, 15) is 9.59 Å². The number of halogens is 1. The molecule has 1 saturated carbocycles. The van der Waals surface area contributed by atoms with Crippen LogP contribution in [0.15, 0.2) is 5.38 Å². The monoisotopic (exact) mass is 325 g/mol. The van der Waals surface area contributed by atoms with Crippen LogP contribution in [0, 0.1) is 12.8 Å². The summed E-state index contributed by atoms with van der Waals surface area (Å²) in [5.74, 6) is 0.407. The minimum absolute atomic E-state index is 0.0162. The number of aryl methyl sites for hydroxylation is 1. The first-order valence-electron chi connectivity index (χ1n) is 7.67. The Balaban J connectivity index is 1.85. The number of carbonyl (C=O) groups excluding carboxylic acids is 2. The fraction of sp³-hybridized carbons (Fsp3) is 0.625. The van der Waals surface area contributed by atoms with E-state index in [4.69, 9.17) is 11.6 Å². The minimum Gasteiger partial charge on any atom is -0.334 e. The summed E-state index contributed by atoms with van der Waals surface area (Å²) < 4.78 is 0. The molecule has 0 spiro atoms. The fourth-order valence-electron chi connectivity index (χ4n) is 3.58. The zero-order chi connectivity index (χ0) is 15.0. The van der Waals surface area contributed by atoms with E-state index in [1.807, 2.05) is 17.2 Å². The molecule has 1 aliphatic heterocycles. The number of piperidine rings is 1. The third kappa shape index (κ3) is 2.76. The Labute approximate surface area is 134 Å². The van der Waals surface area contributed by atoms with Crippen molar-refractivity contribution in [3.63, 3.8) is 0 Å². The van der Waals surface area contributed by atoms with Gasteiger partial charge in [0.05, 0.1) is 5.02 Å². The van der Waals surface area contributed by atoms with Gasteiger partial charge < -0.3 is 4.90 Å². The Kier molecular flexibility index (Phi) is 4.36. The van der Waals surface area contributed by atoms with Gasteiger partial charge in [0.2, 0.25) is 0 Å². The van der Waals surface area contributed by atoms with Crippen molar-refractivity contribution < 1.29 is 9.59 Å². The van der Waals surface area contributed by atoms with Gasteiger partial charge in [-0.2, -0.15) is 0 Å². The SMILES string of the molecule is Cc1csc(C(=O)N2CCCCC2C2CCCC2=O)c1Cl. The third-order valence-electron chi connectivity index (χ3n) is 4.72. The van der Waals surface area contributed by atoms with E-state index in [1.165, 1.54) is 11.3 Å². The zero-order valence-corrected chi connectivity index (χ0v) is 13.8. The second-order valence-corrected chi connectivity index (χ2v) is 7.35. The van der Waals surface area contributed by atoms with Crippen LogP contribution >= 0.6 is 22.9 Å². The lowest BCUT2D eigenvalue weighted by Crippen LogP contribution is -2.48. The van der Waals surface area contributed by atoms with E-state index in [0.29, 0.717) is 22.1 Å². The quantitative estimate of drug-likeness (QED) is 0.821. The lowest BCUT2D eigenvalue weighted by molar-refractivity contribution is -0.122. The molecule has 1 amide bonds. The van der Waals surface area contributed by atoms with Gasteiger partial charge in [0.25, 0.3) is 5.91 Å². The van der Waals surface area contributed by atoms with E-state index in [-0.39, 0.29) is 17.9 Å². The molecule has 21 heavy (non-hydrogen) atoms. The molecule has 1 saturated heterocycles. The van der Waals surface area contributed by atoms with Crippen molar-refractivity contribution in [1.29, 1.82) is 0 Å². The predicted octanol–water partition coefficient (Wildman–Crippen LogP) is 4.07. The maximum absolute atomic E-state index is 12.8. The molecule has 1 aliphatic carbocycles. The standard InChI is InChI=1S/C16H20ClNO2S/c1-10-9-21-15(14(10)17)16(20)18-8-3-2-6-12(18)11-5-4-7-13(11)19/h9,11-12H,2-8H2,1H3. The molecule has 0 N–H and O–H groups in total. The molecular weight excluding hydrogens is 306 g/mol. The minimum atomic E-state index is 0.0162. The molecule has 2 fully saturated rings. The molecule has 0 aromatic carbocycles. The predicted molar refractivity (Wildman–Crippen MR) is 85.1 cm³/mol. The number of hydrogen-bond acceptors (Lipinski definition) is 3. The topological polar surface area (TPSA) is 37.4 Å². The molecule has 2 unspecified atom stereocenters. The van der Waals surface area contributed by atoms with E-state index < -0.39 is 0 Å². The highest BCUT2D eigenvalue weighted by Crippen LogP contribution is 2.35. The number of hydrogen-bond donors (Lipinski definition) is 0. The summed E-state index contributed by atoms with van der Waals surface area (Å²) in [5, 5.41) is 2.50. The Bertz CT molecular complexity index is 569. The van der Waals surface area contributed by atoms with Crippen LogP contribution in [0.25, 0.3) is 0 Å². The molecule has 2 aliphatic rings. The van der Waals surface area contributed by atoms with Gasteiger partial charge in [-0.15, -0.1) is 11.3 Å². The van der Waals surface area contributed by atoms with E-state index in [2.05, 4.69) is 0 Å². The molecule has 0 bridgehead atoms. The van der Waals surface area contributed by atoms with Crippen LogP contribution < -0.4 is 0 Å². The Morgan fingerprint density at radius 2 is 2.14 bits per heavy atom. The van der Waals surface area contributed by atoms with E-state index in [1.54, 1.807) is 0 Å². The number of ketones is 1. The second-order valence-electron chi connectivity index (χ2n) is 6.09. The highest BCUT2D eigenvalue weighted by atomic mass is 35.5. The number of amides is 1. The smallest absolute Gasteiger partial charge is 0.265 e. The summed E-state index contributed by atoms with van der Waals surface area (Å²) in [6, 6.07) is 0.0831. The first kappa shape index (κ1) is 15.0. The van der Waals surface area contributed by atoms with Gasteiger partial charge in [0.15, 0.2) is 0 Å². The molecule has 2 heterocycles. The summed E-state index contributed by atoms with van der Waals surface area (Å²) >= 11 is 7.67. The number of likely N-dealkylation sites (tertiary alicyclic amines) is 1. The summed E-state index contributed by atoms with van der Waals surface area (Å²) in [4.78, 5) is 27.5. The van der Waals surface area contributed by atoms with Crippen molar-refractivity contribution in [2.45, 2.75) is 51.5 Å². The molecule has 3 rings (SSSR count). The Morgan fingerprint density at radius 1 is 1.33 bits per heavy atom. The molecule has 1 aromatic rings. The van der Waals surface area contributed by atoms with Crippen LogP contribution in [0.1, 0.15) is 53.8 Å². The highest BCUT2D eigenvalue weighted by molar-refractivity contribution is 7.13. The third-order valence-corrected chi connectivity index (χ3v) is 6.40. The molecule has 2 atom stereocenters. The normalized spacial score (nSPS) is 26.4. The number of nitrogens with zero attached hydrogens (tertiary/aromatic N) is 1. The summed E-state index contributed by atoms with van der Waals surface area (Å²) in [5.41, 5.74) is 0.954. The van der Waals surface area contributed by atoms with Crippen LogP contribution in [0.3, 0.4) is 0 Å². The molecule has 114 valence electrons. The number of rotatable bonds is 2. The lowest BCUT2D eigenvalue weighted by atomic mass is 9.88. The largest absolute Gasteiger partial charge is 0.334 e. The Hall–Kier alpha value is -0.870. The lowest BCUT2D eigenvalue weighted by Gasteiger charge is -2.38. The van der Waals surface area contributed by atoms with Crippen LogP contribution in [0.4, 0.5) is 0 Å². The summed E-state index contributed by atoms with van der Waals surface area (Å²) in [6.07, 6.45) is 5.66. The second kappa shape index (κ2) is 6.09. The summed E-state index contributed by atoms with van der Waals surface area (Å²) in [6.45, 7) is 2.67. The van der Waals surface area contributed by atoms with Gasteiger partial charge in [-0.25, -0.2) is 0 Å². The number of Topliss-reactive ketones (excluding diaryl/α,β-unsaturated/α-hetero) is 1. The van der Waals surface area contributed by atoms with Gasteiger partial charge in [-0.3, -0.25) is 9.59 Å². The van der Waals surface area contributed by atoms with Gasteiger partial charge >= 0.3 is 0 Å². The average molecular weight is 326 g/mol. The molecule has 1 aromatic heterocycles. The zero-order valence-electron chi connectivity index (χ0n) is 12.2. The van der Waals surface area contributed by atoms with Gasteiger partial charge in [0.1, 0.15) is 10.7 Å². The number of carbonyl (C=O) groups is 2. The molecule has 5 heteroatoms. The van der Waals surface area contributed by atoms with Crippen molar-refractivity contribution >= 4 is 34.6 Å². The van der Waals surface area contributed by atoms with Crippen molar-refractivity contribution in [2.75, 3.05) is 6.54 Å². The van der Waals surface area contributed by atoms with Gasteiger partial charge in [-0.05, 0) is 50.0 Å². The van der Waals surface area contributed by atoms with Gasteiger partial charge in [-0.1, -0.05) is 11.6 Å². The number of thiophene rings is 1. The maximum Gasteiger partial charge on any atom is 0.265 e. The molecule has 3 nitrogen and oxygen atoms in total. The molecular formula is C16H20ClNO2S. The molecule has 0 radical (unpaired) electrons. The van der Waals surface area contributed by atoms with Gasteiger partial charge in [0, 0.05) is 24.9 Å². The average Bonchev–Trinajstić information content (AvgIpc) is 3.05. The van der Waals surface area contributed by atoms with Crippen LogP contribution in [0.5, 0.6) is 0 Å². The first-order chi connectivity index (χ1) is 10.1.